The average Bonchev–Trinajstić information content (AvgIpc) is 2.84. The smallest absolute Gasteiger partial charge is 0.145 e. The number of hydrogen-bond donors (Lipinski definition) is 0. The Balaban J connectivity index is 1.83. The van der Waals surface area contributed by atoms with Gasteiger partial charge in [-0.15, -0.1) is 0 Å². The molecular weight excluding hydrogens is 302 g/mol. The summed E-state index contributed by atoms with van der Waals surface area (Å²) in [6.45, 7) is 0. The maximum absolute atomic E-state index is 6.06. The number of furan rings is 1. The molecule has 3 heterocycles. The molecule has 2 unspecified atom stereocenters. The van der Waals surface area contributed by atoms with Crippen molar-refractivity contribution in [3.8, 4) is 0 Å². The van der Waals surface area contributed by atoms with E-state index in [1.807, 2.05) is 12.1 Å². The zero-order valence-corrected chi connectivity index (χ0v) is 12.5. The number of halogens is 1. The largest absolute Gasteiger partial charge is 0.455 e. The third-order valence-corrected chi connectivity index (χ3v) is 5.36. The van der Waals surface area contributed by atoms with E-state index >= 15 is 0 Å². The molecule has 0 spiro atoms. The molecule has 1 saturated heterocycles. The lowest BCUT2D eigenvalue weighted by Gasteiger charge is -2.29. The fourth-order valence-electron chi connectivity index (χ4n) is 3.43. The van der Waals surface area contributed by atoms with Crippen LogP contribution < -0.4 is 0 Å². The number of fused-ring (bicyclic) bond motifs is 3. The first-order valence-corrected chi connectivity index (χ1v) is 7.63. The van der Waals surface area contributed by atoms with Crippen molar-refractivity contribution in [2.75, 3.05) is 7.05 Å². The number of para-hydroxylation sites is 1. The number of benzene rings is 1. The summed E-state index contributed by atoms with van der Waals surface area (Å²) in [7, 11) is 2.24. The van der Waals surface area contributed by atoms with Crippen LogP contribution in [-0.2, 0) is 0 Å². The van der Waals surface area contributed by atoms with E-state index in [1.54, 1.807) is 0 Å². The highest BCUT2D eigenvalue weighted by Gasteiger charge is 2.35. The maximum atomic E-state index is 6.06. The molecule has 2 bridgehead atoms. The first-order valence-electron chi connectivity index (χ1n) is 6.84. The van der Waals surface area contributed by atoms with Crippen LogP contribution in [0.1, 0.15) is 25.0 Å². The lowest BCUT2D eigenvalue weighted by atomic mass is 9.99. The van der Waals surface area contributed by atoms with Gasteiger partial charge in [0.15, 0.2) is 0 Å². The van der Waals surface area contributed by atoms with Gasteiger partial charge in [0, 0.05) is 17.5 Å². The van der Waals surface area contributed by atoms with Gasteiger partial charge < -0.3 is 4.42 Å². The van der Waals surface area contributed by atoms with E-state index in [1.165, 1.54) is 23.8 Å². The third kappa shape index (κ3) is 1.72. The quantitative estimate of drug-likeness (QED) is 0.772. The molecule has 98 valence electrons. The zero-order chi connectivity index (χ0) is 13.0. The molecule has 1 fully saturated rings. The van der Waals surface area contributed by atoms with Crippen LogP contribution in [0.5, 0.6) is 0 Å². The van der Waals surface area contributed by atoms with Gasteiger partial charge in [0.1, 0.15) is 11.3 Å². The van der Waals surface area contributed by atoms with Crippen LogP contribution in [0.3, 0.4) is 0 Å². The van der Waals surface area contributed by atoms with Gasteiger partial charge in [-0.05, 0) is 59.9 Å². The first-order chi connectivity index (χ1) is 9.24. The Morgan fingerprint density at radius 2 is 2.11 bits per heavy atom. The Bertz CT molecular complexity index is 672. The van der Waals surface area contributed by atoms with Crippen molar-refractivity contribution in [3.63, 3.8) is 0 Å². The topological polar surface area (TPSA) is 16.4 Å². The fourth-order valence-corrected chi connectivity index (χ4v) is 4.09. The van der Waals surface area contributed by atoms with Crippen molar-refractivity contribution >= 4 is 32.5 Å². The molecule has 0 aliphatic carbocycles. The Labute approximate surface area is 121 Å². The Hall–Kier alpha value is -1.06. The molecule has 2 atom stereocenters. The molecule has 2 aliphatic heterocycles. The lowest BCUT2D eigenvalue weighted by Crippen LogP contribution is -2.34. The van der Waals surface area contributed by atoms with Gasteiger partial charge in [-0.25, -0.2) is 0 Å². The highest BCUT2D eigenvalue weighted by molar-refractivity contribution is 9.10. The van der Waals surface area contributed by atoms with Gasteiger partial charge >= 0.3 is 0 Å². The van der Waals surface area contributed by atoms with Crippen LogP contribution in [-0.4, -0.2) is 24.0 Å². The van der Waals surface area contributed by atoms with Crippen LogP contribution in [0, 0.1) is 0 Å². The average molecular weight is 318 g/mol. The molecule has 0 amide bonds. The van der Waals surface area contributed by atoms with E-state index in [0.29, 0.717) is 12.1 Å². The summed E-state index contributed by atoms with van der Waals surface area (Å²) in [5, 5.41) is 1.17. The summed E-state index contributed by atoms with van der Waals surface area (Å²) < 4.78 is 7.17. The van der Waals surface area contributed by atoms with Gasteiger partial charge in [-0.3, -0.25) is 4.90 Å². The summed E-state index contributed by atoms with van der Waals surface area (Å²) in [5.74, 6) is 1.03. The van der Waals surface area contributed by atoms with Crippen molar-refractivity contribution in [2.45, 2.75) is 31.3 Å². The summed E-state index contributed by atoms with van der Waals surface area (Å²) in [4.78, 5) is 2.50. The fraction of sp³-hybridized carbons (Fsp3) is 0.375. The van der Waals surface area contributed by atoms with Crippen LogP contribution in [0.25, 0.3) is 16.5 Å². The molecule has 19 heavy (non-hydrogen) atoms. The highest BCUT2D eigenvalue weighted by atomic mass is 79.9. The van der Waals surface area contributed by atoms with Gasteiger partial charge in [-0.1, -0.05) is 18.2 Å². The third-order valence-electron chi connectivity index (χ3n) is 4.57. The maximum Gasteiger partial charge on any atom is 0.145 e. The SMILES string of the molecule is CN1C2C=C(c3oc4ccccc4c3Br)CC1CC2. The standard InChI is InChI=1S/C16H16BrNO/c1-18-11-6-7-12(18)9-10(8-11)16-15(17)13-4-2-3-5-14(13)19-16/h2-5,8,11-12H,6-7,9H2,1H3. The number of hydrogen-bond acceptors (Lipinski definition) is 2. The summed E-state index contributed by atoms with van der Waals surface area (Å²) in [5.41, 5.74) is 2.34. The van der Waals surface area contributed by atoms with Gasteiger partial charge in [0.25, 0.3) is 0 Å². The minimum atomic E-state index is 0.592. The van der Waals surface area contributed by atoms with E-state index in [-0.39, 0.29) is 0 Å². The molecule has 1 aromatic carbocycles. The second-order valence-electron chi connectivity index (χ2n) is 5.60. The van der Waals surface area contributed by atoms with E-state index in [9.17, 15) is 0 Å². The molecule has 0 N–H and O–H groups in total. The highest BCUT2D eigenvalue weighted by Crippen LogP contribution is 2.42. The predicted molar refractivity (Wildman–Crippen MR) is 81.1 cm³/mol. The molecule has 4 rings (SSSR count). The Morgan fingerprint density at radius 1 is 1.26 bits per heavy atom. The van der Waals surface area contributed by atoms with E-state index in [4.69, 9.17) is 4.42 Å². The van der Waals surface area contributed by atoms with E-state index < -0.39 is 0 Å². The van der Waals surface area contributed by atoms with E-state index in [2.05, 4.69) is 46.1 Å². The number of rotatable bonds is 1. The van der Waals surface area contributed by atoms with Crippen molar-refractivity contribution in [3.05, 3.63) is 40.6 Å². The molecule has 0 radical (unpaired) electrons. The number of nitrogens with zero attached hydrogens (tertiary/aromatic N) is 1. The molecule has 2 aromatic rings. The number of likely N-dealkylation sites (N-methyl/N-ethyl adjacent to an activating group) is 1. The second kappa shape index (κ2) is 4.22. The van der Waals surface area contributed by atoms with Crippen LogP contribution in [0.4, 0.5) is 0 Å². The van der Waals surface area contributed by atoms with Crippen molar-refractivity contribution in [1.82, 2.24) is 4.90 Å². The Kier molecular flexibility index (Phi) is 2.61. The Morgan fingerprint density at radius 3 is 2.89 bits per heavy atom. The minimum Gasteiger partial charge on any atom is -0.455 e. The van der Waals surface area contributed by atoms with Gasteiger partial charge in [0.2, 0.25) is 0 Å². The zero-order valence-electron chi connectivity index (χ0n) is 10.9. The molecule has 3 heteroatoms. The normalized spacial score (nSPS) is 26.9. The van der Waals surface area contributed by atoms with Crippen molar-refractivity contribution in [1.29, 1.82) is 0 Å². The second-order valence-corrected chi connectivity index (χ2v) is 6.39. The van der Waals surface area contributed by atoms with Crippen molar-refractivity contribution in [2.24, 2.45) is 0 Å². The molecule has 2 aliphatic rings. The summed E-state index contributed by atoms with van der Waals surface area (Å²) in [6.07, 6.45) is 6.08. The predicted octanol–water partition coefficient (Wildman–Crippen LogP) is 4.45. The van der Waals surface area contributed by atoms with Crippen LogP contribution in [0.15, 0.2) is 39.2 Å². The van der Waals surface area contributed by atoms with Crippen LogP contribution in [0.2, 0.25) is 0 Å². The minimum absolute atomic E-state index is 0.592. The summed E-state index contributed by atoms with van der Waals surface area (Å²) in [6, 6.07) is 9.50. The molecule has 1 aromatic heterocycles. The molecule has 0 saturated carbocycles. The van der Waals surface area contributed by atoms with E-state index in [0.717, 1.165) is 22.2 Å². The first kappa shape index (κ1) is 11.7. The molecule has 2 nitrogen and oxygen atoms in total. The van der Waals surface area contributed by atoms with Gasteiger partial charge in [-0.2, -0.15) is 0 Å². The monoisotopic (exact) mass is 317 g/mol. The van der Waals surface area contributed by atoms with Crippen LogP contribution >= 0.6 is 15.9 Å². The molecular formula is C16H16BrNO. The van der Waals surface area contributed by atoms with Crippen molar-refractivity contribution < 1.29 is 4.42 Å². The lowest BCUT2D eigenvalue weighted by molar-refractivity contribution is 0.263. The summed E-state index contributed by atoms with van der Waals surface area (Å²) >= 11 is 3.71. The van der Waals surface area contributed by atoms with Gasteiger partial charge in [0.05, 0.1) is 4.47 Å².